The molecule has 0 aromatic heterocycles. The highest BCUT2D eigenvalue weighted by atomic mass is 19.4. The van der Waals surface area contributed by atoms with Gasteiger partial charge in [0.1, 0.15) is 6.04 Å². The Labute approximate surface area is 126 Å². The van der Waals surface area contributed by atoms with Crippen LogP contribution in [0.3, 0.4) is 0 Å². The van der Waals surface area contributed by atoms with Gasteiger partial charge in [0.05, 0.1) is 5.56 Å². The van der Waals surface area contributed by atoms with E-state index in [0.29, 0.717) is 0 Å². The molecule has 4 nitrogen and oxygen atoms in total. The van der Waals surface area contributed by atoms with Crippen molar-refractivity contribution >= 4 is 11.6 Å². The molecule has 1 heterocycles. The zero-order chi connectivity index (χ0) is 15.7. The summed E-state index contributed by atoms with van der Waals surface area (Å²) in [5.74, 6) is -0.0965. The Morgan fingerprint density at radius 2 is 1.95 bits per heavy atom. The third-order valence-corrected chi connectivity index (χ3v) is 4.41. The van der Waals surface area contributed by atoms with Crippen LogP contribution in [0.5, 0.6) is 0 Å². The lowest BCUT2D eigenvalue weighted by atomic mass is 9.81. The maximum absolute atomic E-state index is 12.7. The van der Waals surface area contributed by atoms with Crippen molar-refractivity contribution < 1.29 is 18.0 Å². The fraction of sp³-hybridized carbons (Fsp3) is 0.533. The van der Waals surface area contributed by atoms with Gasteiger partial charge in [0, 0.05) is 17.6 Å². The van der Waals surface area contributed by atoms with Gasteiger partial charge in [-0.05, 0) is 31.0 Å². The Bertz CT molecular complexity index is 561. The first kappa shape index (κ1) is 15.3. The first-order valence-electron chi connectivity index (χ1n) is 7.44. The Morgan fingerprint density at radius 1 is 1.18 bits per heavy atom. The molecule has 7 heteroatoms. The normalized spacial score (nSPS) is 28.2. The van der Waals surface area contributed by atoms with Crippen molar-refractivity contribution in [2.24, 2.45) is 5.92 Å². The van der Waals surface area contributed by atoms with Crippen molar-refractivity contribution in [3.8, 4) is 0 Å². The molecule has 1 aromatic rings. The zero-order valence-electron chi connectivity index (χ0n) is 11.9. The minimum atomic E-state index is -4.41. The van der Waals surface area contributed by atoms with Crippen molar-refractivity contribution in [1.82, 2.24) is 10.9 Å². The summed E-state index contributed by atoms with van der Waals surface area (Å²) in [6.07, 6.45) is -0.228. The third kappa shape index (κ3) is 3.10. The van der Waals surface area contributed by atoms with Gasteiger partial charge in [-0.2, -0.15) is 13.2 Å². The molecular formula is C15H18F3N3O. The molecule has 22 heavy (non-hydrogen) atoms. The minimum absolute atomic E-state index is 0.167. The predicted molar refractivity (Wildman–Crippen MR) is 75.9 cm³/mol. The van der Waals surface area contributed by atoms with E-state index in [-0.39, 0.29) is 23.6 Å². The summed E-state index contributed by atoms with van der Waals surface area (Å²) in [6, 6.07) is 4.57. The van der Waals surface area contributed by atoms with Crippen LogP contribution in [-0.4, -0.2) is 18.0 Å². The number of hydrazine groups is 1. The molecule has 1 saturated carbocycles. The van der Waals surface area contributed by atoms with Gasteiger partial charge in [0.25, 0.3) is 0 Å². The van der Waals surface area contributed by atoms with Crippen molar-refractivity contribution in [3.63, 3.8) is 0 Å². The highest BCUT2D eigenvalue weighted by molar-refractivity contribution is 5.95. The molecule has 0 spiro atoms. The molecule has 3 atom stereocenters. The molecule has 1 amide bonds. The van der Waals surface area contributed by atoms with E-state index in [1.807, 2.05) is 0 Å². The summed E-state index contributed by atoms with van der Waals surface area (Å²) < 4.78 is 38.1. The Kier molecular flexibility index (Phi) is 4.10. The molecule has 2 fully saturated rings. The number of alkyl halides is 3. The number of halogens is 3. The van der Waals surface area contributed by atoms with Crippen LogP contribution < -0.4 is 16.2 Å². The summed E-state index contributed by atoms with van der Waals surface area (Å²) in [7, 11) is 0. The van der Waals surface area contributed by atoms with Crippen molar-refractivity contribution in [1.29, 1.82) is 0 Å². The number of hydrogen-bond acceptors (Lipinski definition) is 3. The van der Waals surface area contributed by atoms with Crippen LogP contribution in [0.1, 0.15) is 31.2 Å². The number of nitrogens with one attached hydrogen (secondary N) is 3. The lowest BCUT2D eigenvalue weighted by molar-refractivity contribution is -0.137. The molecule has 3 rings (SSSR count). The predicted octanol–water partition coefficient (Wildman–Crippen LogP) is 2.68. The second-order valence-electron chi connectivity index (χ2n) is 5.89. The lowest BCUT2D eigenvalue weighted by Crippen LogP contribution is -2.42. The largest absolute Gasteiger partial charge is 0.416 e. The maximum Gasteiger partial charge on any atom is 0.416 e. The van der Waals surface area contributed by atoms with E-state index < -0.39 is 17.8 Å². The molecule has 2 aliphatic rings. The first-order chi connectivity index (χ1) is 10.4. The van der Waals surface area contributed by atoms with Crippen LogP contribution in [0, 0.1) is 5.92 Å². The van der Waals surface area contributed by atoms with Gasteiger partial charge in [0.15, 0.2) is 0 Å². The van der Waals surface area contributed by atoms with Gasteiger partial charge in [-0.3, -0.25) is 10.2 Å². The molecule has 0 bridgehead atoms. The first-order valence-corrected chi connectivity index (χ1v) is 7.44. The summed E-state index contributed by atoms with van der Waals surface area (Å²) in [5.41, 5.74) is 5.50. The molecule has 1 aromatic carbocycles. The second kappa shape index (κ2) is 5.89. The summed E-state index contributed by atoms with van der Waals surface area (Å²) in [6.45, 7) is 0. The number of fused-ring (bicyclic) bond motifs is 1. The smallest absolute Gasteiger partial charge is 0.325 e. The molecule has 120 valence electrons. The Morgan fingerprint density at radius 3 is 2.73 bits per heavy atom. The van der Waals surface area contributed by atoms with E-state index in [2.05, 4.69) is 16.2 Å². The Balaban J connectivity index is 1.69. The van der Waals surface area contributed by atoms with E-state index in [9.17, 15) is 18.0 Å². The van der Waals surface area contributed by atoms with E-state index in [1.54, 1.807) is 0 Å². The van der Waals surface area contributed by atoms with Gasteiger partial charge in [-0.1, -0.05) is 18.9 Å². The maximum atomic E-state index is 12.7. The molecule has 3 unspecified atom stereocenters. The second-order valence-corrected chi connectivity index (χ2v) is 5.89. The molecule has 0 radical (unpaired) electrons. The molecule has 3 N–H and O–H groups in total. The molecular weight excluding hydrogens is 295 g/mol. The van der Waals surface area contributed by atoms with Crippen LogP contribution in [0.15, 0.2) is 24.3 Å². The number of carbonyl (C=O) groups is 1. The topological polar surface area (TPSA) is 53.2 Å². The van der Waals surface area contributed by atoms with Crippen molar-refractivity contribution in [2.75, 3.05) is 5.32 Å². The quantitative estimate of drug-likeness (QED) is 0.787. The Hall–Kier alpha value is -1.60. The third-order valence-electron chi connectivity index (χ3n) is 4.41. The summed E-state index contributed by atoms with van der Waals surface area (Å²) in [5, 5.41) is 2.59. The minimum Gasteiger partial charge on any atom is -0.325 e. The van der Waals surface area contributed by atoms with Gasteiger partial charge in [-0.15, -0.1) is 0 Å². The number of benzene rings is 1. The van der Waals surface area contributed by atoms with E-state index in [0.717, 1.165) is 37.8 Å². The average Bonchev–Trinajstić information content (AvgIpc) is 2.90. The fourth-order valence-electron chi connectivity index (χ4n) is 3.29. The molecule has 1 aliphatic carbocycles. The van der Waals surface area contributed by atoms with E-state index in [4.69, 9.17) is 0 Å². The number of rotatable bonds is 2. The van der Waals surface area contributed by atoms with Crippen LogP contribution >= 0.6 is 0 Å². The highest BCUT2D eigenvalue weighted by Crippen LogP contribution is 2.32. The number of anilines is 1. The van der Waals surface area contributed by atoms with Crippen molar-refractivity contribution in [2.45, 2.75) is 43.9 Å². The monoisotopic (exact) mass is 313 g/mol. The molecule has 1 saturated heterocycles. The highest BCUT2D eigenvalue weighted by Gasteiger charge is 2.41. The number of hydrogen-bond donors (Lipinski definition) is 3. The zero-order valence-corrected chi connectivity index (χ0v) is 11.9. The van der Waals surface area contributed by atoms with Gasteiger partial charge >= 0.3 is 6.18 Å². The average molecular weight is 313 g/mol. The number of carbonyl (C=O) groups excluding carboxylic acids is 1. The number of amides is 1. The van der Waals surface area contributed by atoms with Gasteiger partial charge < -0.3 is 5.32 Å². The standard InChI is InChI=1S/C15H18F3N3O/c16-15(17,18)9-4-3-5-10(8-9)19-14(22)13-11-6-1-2-7-12(11)20-21-13/h3-5,8,11-13,20-21H,1-2,6-7H2,(H,19,22). The van der Waals surface area contributed by atoms with Gasteiger partial charge in [0.2, 0.25) is 5.91 Å². The van der Waals surface area contributed by atoms with E-state index in [1.165, 1.54) is 12.1 Å². The summed E-state index contributed by atoms with van der Waals surface area (Å²) in [4.78, 5) is 12.3. The summed E-state index contributed by atoms with van der Waals surface area (Å²) >= 11 is 0. The van der Waals surface area contributed by atoms with E-state index >= 15 is 0 Å². The van der Waals surface area contributed by atoms with Crippen LogP contribution in [-0.2, 0) is 11.0 Å². The van der Waals surface area contributed by atoms with Gasteiger partial charge in [-0.25, -0.2) is 5.43 Å². The lowest BCUT2D eigenvalue weighted by Gasteiger charge is -2.26. The van der Waals surface area contributed by atoms with Crippen molar-refractivity contribution in [3.05, 3.63) is 29.8 Å². The van der Waals surface area contributed by atoms with Crippen LogP contribution in [0.4, 0.5) is 18.9 Å². The van der Waals surface area contributed by atoms with Crippen LogP contribution in [0.2, 0.25) is 0 Å². The SMILES string of the molecule is O=C(Nc1cccc(C(F)(F)F)c1)C1NNC2CCCCC21. The van der Waals surface area contributed by atoms with Crippen LogP contribution in [0.25, 0.3) is 0 Å². The fourth-order valence-corrected chi connectivity index (χ4v) is 3.29. The molecule has 1 aliphatic heterocycles.